The number of anilines is 2. The number of carbonyl (C=O) groups excluding carboxylic acids is 2. The van der Waals surface area contributed by atoms with E-state index in [4.69, 9.17) is 18.9 Å². The number of hydrogen-bond acceptors (Lipinski definition) is 7. The Morgan fingerprint density at radius 1 is 0.919 bits per heavy atom. The maximum absolute atomic E-state index is 12.7. The van der Waals surface area contributed by atoms with Gasteiger partial charge in [-0.25, -0.2) is 0 Å². The predicted molar refractivity (Wildman–Crippen MR) is 143 cm³/mol. The van der Waals surface area contributed by atoms with E-state index in [0.29, 0.717) is 41.7 Å². The van der Waals surface area contributed by atoms with Crippen LogP contribution in [-0.2, 0) is 9.53 Å². The number of nitrogens with zero attached hydrogens (tertiary/aromatic N) is 1. The number of carbonyl (C=O) groups is 2. The van der Waals surface area contributed by atoms with Gasteiger partial charge in [-0.15, -0.1) is 0 Å². The summed E-state index contributed by atoms with van der Waals surface area (Å²) in [7, 11) is 3.10. The lowest BCUT2D eigenvalue weighted by molar-refractivity contribution is -0.118. The number of methoxy groups -OCH3 is 2. The third-order valence-electron chi connectivity index (χ3n) is 5.88. The van der Waals surface area contributed by atoms with Crippen LogP contribution in [-0.4, -0.2) is 58.8 Å². The Balaban J connectivity index is 1.32. The third-order valence-corrected chi connectivity index (χ3v) is 5.88. The number of rotatable bonds is 10. The molecule has 0 radical (unpaired) electrons. The fraction of sp³-hybridized carbons (Fsp3) is 0.241. The van der Waals surface area contributed by atoms with Crippen molar-refractivity contribution in [3.63, 3.8) is 0 Å². The van der Waals surface area contributed by atoms with Crippen molar-refractivity contribution in [1.29, 1.82) is 0 Å². The minimum absolute atomic E-state index is 0.0944. The zero-order valence-electron chi connectivity index (χ0n) is 20.9. The molecule has 3 aromatic carbocycles. The fourth-order valence-electron chi connectivity index (χ4n) is 3.85. The summed E-state index contributed by atoms with van der Waals surface area (Å²) in [5.41, 5.74) is 3.11. The van der Waals surface area contributed by atoms with Gasteiger partial charge in [-0.3, -0.25) is 9.59 Å². The molecule has 1 amide bonds. The molecule has 0 saturated carbocycles. The maximum atomic E-state index is 12.7. The third kappa shape index (κ3) is 7.11. The Morgan fingerprint density at radius 3 is 2.32 bits per heavy atom. The van der Waals surface area contributed by atoms with Gasteiger partial charge in [0.1, 0.15) is 5.75 Å². The molecule has 0 spiro atoms. The lowest BCUT2D eigenvalue weighted by Gasteiger charge is -2.28. The Morgan fingerprint density at radius 2 is 1.65 bits per heavy atom. The average molecular weight is 503 g/mol. The highest BCUT2D eigenvalue weighted by atomic mass is 16.5. The van der Waals surface area contributed by atoms with Crippen LogP contribution in [0.3, 0.4) is 0 Å². The van der Waals surface area contributed by atoms with E-state index in [1.807, 2.05) is 24.3 Å². The van der Waals surface area contributed by atoms with Crippen molar-refractivity contribution in [3.8, 4) is 17.2 Å². The second kappa shape index (κ2) is 12.6. The molecule has 0 aliphatic carbocycles. The van der Waals surface area contributed by atoms with Gasteiger partial charge < -0.3 is 29.2 Å². The summed E-state index contributed by atoms with van der Waals surface area (Å²) in [4.78, 5) is 27.2. The highest BCUT2D eigenvalue weighted by Gasteiger charge is 2.12. The van der Waals surface area contributed by atoms with E-state index >= 15 is 0 Å². The Labute approximate surface area is 216 Å². The highest BCUT2D eigenvalue weighted by Crippen LogP contribution is 2.29. The molecule has 1 aliphatic rings. The Bertz CT molecular complexity index is 1230. The Kier molecular flexibility index (Phi) is 8.78. The average Bonchev–Trinajstić information content (AvgIpc) is 2.96. The van der Waals surface area contributed by atoms with E-state index in [-0.39, 0.29) is 18.3 Å². The number of nitrogens with one attached hydrogen (secondary N) is 1. The molecule has 1 heterocycles. The molecule has 1 fully saturated rings. The first-order valence-electron chi connectivity index (χ1n) is 12.0. The van der Waals surface area contributed by atoms with Crippen LogP contribution < -0.4 is 24.4 Å². The summed E-state index contributed by atoms with van der Waals surface area (Å²) in [5.74, 6) is 1.19. The summed E-state index contributed by atoms with van der Waals surface area (Å²) in [5, 5.41) is 2.77. The van der Waals surface area contributed by atoms with Crippen LogP contribution in [0.5, 0.6) is 17.2 Å². The van der Waals surface area contributed by atoms with E-state index < -0.39 is 0 Å². The van der Waals surface area contributed by atoms with Crippen molar-refractivity contribution in [2.45, 2.75) is 0 Å². The molecular weight excluding hydrogens is 472 g/mol. The molecule has 8 heteroatoms. The van der Waals surface area contributed by atoms with Gasteiger partial charge in [0.15, 0.2) is 23.9 Å². The first kappa shape index (κ1) is 25.8. The molecule has 1 aliphatic heterocycles. The normalized spacial score (nSPS) is 13.3. The van der Waals surface area contributed by atoms with Gasteiger partial charge in [-0.1, -0.05) is 12.1 Å². The van der Waals surface area contributed by atoms with Crippen molar-refractivity contribution < 1.29 is 28.5 Å². The summed E-state index contributed by atoms with van der Waals surface area (Å²) >= 11 is 0. The minimum Gasteiger partial charge on any atom is -0.497 e. The molecule has 1 saturated heterocycles. The van der Waals surface area contributed by atoms with E-state index in [2.05, 4.69) is 10.2 Å². The first-order chi connectivity index (χ1) is 18.1. The van der Waals surface area contributed by atoms with Crippen LogP contribution in [0.1, 0.15) is 15.9 Å². The van der Waals surface area contributed by atoms with Crippen LogP contribution in [0.15, 0.2) is 72.8 Å². The van der Waals surface area contributed by atoms with E-state index in [9.17, 15) is 9.59 Å². The quantitative estimate of drug-likeness (QED) is 0.324. The lowest BCUT2D eigenvalue weighted by atomic mass is 10.1. The monoisotopic (exact) mass is 502 g/mol. The second-order valence-corrected chi connectivity index (χ2v) is 8.32. The van der Waals surface area contributed by atoms with Gasteiger partial charge in [0, 0.05) is 30.0 Å². The van der Waals surface area contributed by atoms with Gasteiger partial charge in [0.25, 0.3) is 5.91 Å². The number of benzene rings is 3. The Hall–Kier alpha value is -4.30. The minimum atomic E-state index is -0.304. The lowest BCUT2D eigenvalue weighted by Crippen LogP contribution is -2.36. The zero-order valence-corrected chi connectivity index (χ0v) is 20.9. The van der Waals surface area contributed by atoms with Gasteiger partial charge in [-0.2, -0.15) is 0 Å². The smallest absolute Gasteiger partial charge is 0.262 e. The van der Waals surface area contributed by atoms with E-state index in [0.717, 1.165) is 24.3 Å². The number of hydrogen-bond donors (Lipinski definition) is 1. The second-order valence-electron chi connectivity index (χ2n) is 8.32. The molecule has 4 rings (SSSR count). The molecule has 192 valence electrons. The standard InChI is InChI=1S/C29H30N2O6/c1-34-25-11-7-23(8-12-25)30-29(33)20-37-27-14-4-21(19-28(27)35-2)3-13-26(32)22-5-9-24(10-6-22)31-15-17-36-18-16-31/h3-14,19H,15-18,20H2,1-2H3,(H,30,33)/b13-3+. The van der Waals surface area contributed by atoms with Crippen LogP contribution in [0.2, 0.25) is 0 Å². The summed E-state index contributed by atoms with van der Waals surface area (Å²) in [6, 6.07) is 19.9. The van der Waals surface area contributed by atoms with Crippen molar-refractivity contribution in [1.82, 2.24) is 0 Å². The van der Waals surface area contributed by atoms with Crippen molar-refractivity contribution in [2.75, 3.05) is 57.3 Å². The predicted octanol–water partition coefficient (Wildman–Crippen LogP) is 4.45. The number of ketones is 1. The molecular formula is C29H30N2O6. The summed E-state index contributed by atoms with van der Waals surface area (Å²) in [6.45, 7) is 2.95. The SMILES string of the molecule is COc1ccc(NC(=O)COc2ccc(/C=C/C(=O)c3ccc(N4CCOCC4)cc3)cc2OC)cc1. The van der Waals surface area contributed by atoms with E-state index in [1.165, 1.54) is 13.2 Å². The van der Waals surface area contributed by atoms with Crippen LogP contribution in [0, 0.1) is 0 Å². The molecule has 3 aromatic rings. The van der Waals surface area contributed by atoms with Crippen LogP contribution >= 0.6 is 0 Å². The number of ether oxygens (including phenoxy) is 4. The zero-order chi connectivity index (χ0) is 26.0. The van der Waals surface area contributed by atoms with E-state index in [1.54, 1.807) is 55.7 Å². The van der Waals surface area contributed by atoms with Gasteiger partial charge >= 0.3 is 0 Å². The van der Waals surface area contributed by atoms with Crippen molar-refractivity contribution in [3.05, 3.63) is 83.9 Å². The van der Waals surface area contributed by atoms with Crippen molar-refractivity contribution in [2.24, 2.45) is 0 Å². The summed E-state index contributed by atoms with van der Waals surface area (Å²) in [6.07, 6.45) is 3.25. The number of amides is 1. The molecule has 8 nitrogen and oxygen atoms in total. The van der Waals surface area contributed by atoms with Gasteiger partial charge in [-0.05, 0) is 72.3 Å². The number of allylic oxidation sites excluding steroid dienone is 1. The van der Waals surface area contributed by atoms with Gasteiger partial charge in [0.2, 0.25) is 0 Å². The van der Waals surface area contributed by atoms with Crippen LogP contribution in [0.25, 0.3) is 6.08 Å². The molecule has 0 unspecified atom stereocenters. The number of morpholine rings is 1. The molecule has 37 heavy (non-hydrogen) atoms. The topological polar surface area (TPSA) is 86.3 Å². The maximum Gasteiger partial charge on any atom is 0.262 e. The largest absolute Gasteiger partial charge is 0.497 e. The fourth-order valence-corrected chi connectivity index (χ4v) is 3.85. The molecule has 0 bridgehead atoms. The highest BCUT2D eigenvalue weighted by molar-refractivity contribution is 6.07. The summed E-state index contributed by atoms with van der Waals surface area (Å²) < 4.78 is 21.6. The first-order valence-corrected chi connectivity index (χ1v) is 12.0. The van der Waals surface area contributed by atoms with Crippen molar-refractivity contribution >= 4 is 29.1 Å². The molecule has 1 N–H and O–H groups in total. The van der Waals surface area contributed by atoms with Crippen LogP contribution in [0.4, 0.5) is 11.4 Å². The molecule has 0 aromatic heterocycles. The van der Waals surface area contributed by atoms with Gasteiger partial charge in [0.05, 0.1) is 27.4 Å². The molecule has 0 atom stereocenters.